The number of aliphatic hydroxyl groups is 2. The van der Waals surface area contributed by atoms with Gasteiger partial charge in [-0.2, -0.15) is 0 Å². The van der Waals surface area contributed by atoms with Gasteiger partial charge in [-0.05, 0) is 37.3 Å². The van der Waals surface area contributed by atoms with Crippen LogP contribution in [0.5, 0.6) is 0 Å². The lowest BCUT2D eigenvalue weighted by atomic mass is 9.81. The van der Waals surface area contributed by atoms with Crippen LogP contribution in [0.2, 0.25) is 0 Å². The van der Waals surface area contributed by atoms with Crippen LogP contribution < -0.4 is 0 Å². The van der Waals surface area contributed by atoms with Crippen molar-refractivity contribution in [1.82, 2.24) is 0 Å². The minimum absolute atomic E-state index is 0.136. The highest BCUT2D eigenvalue weighted by Crippen LogP contribution is 2.27. The fourth-order valence-electron chi connectivity index (χ4n) is 1.74. The van der Waals surface area contributed by atoms with Crippen LogP contribution in [0.4, 0.5) is 0 Å². The average Bonchev–Trinajstić information content (AvgIpc) is 2.25. The number of hydrogen-bond acceptors (Lipinski definition) is 5. The number of rotatable bonds is 3. The molecule has 0 spiro atoms. The molecule has 0 saturated heterocycles. The van der Waals surface area contributed by atoms with Crippen molar-refractivity contribution < 1.29 is 25.3 Å². The van der Waals surface area contributed by atoms with E-state index in [0.29, 0.717) is 6.42 Å². The van der Waals surface area contributed by atoms with Gasteiger partial charge in [-0.1, -0.05) is 45.0 Å². The van der Waals surface area contributed by atoms with Crippen LogP contribution in [-0.4, -0.2) is 43.8 Å². The molecule has 0 bridgehead atoms. The lowest BCUT2D eigenvalue weighted by Gasteiger charge is -2.35. The molecule has 0 aromatic heterocycles. The third-order valence-electron chi connectivity index (χ3n) is 3.69. The molecule has 0 aliphatic heterocycles. The summed E-state index contributed by atoms with van der Waals surface area (Å²) in [6.45, 7) is 11.5. The summed E-state index contributed by atoms with van der Waals surface area (Å²) < 4.78 is 0. The Bertz CT molecular complexity index is 438. The number of hydrogen-bond donors (Lipinski definition) is 5. The lowest BCUT2D eigenvalue weighted by Crippen LogP contribution is -2.49. The maximum absolute atomic E-state index is 10.3. The summed E-state index contributed by atoms with van der Waals surface area (Å²) in [6.07, 6.45) is 0.445. The molecule has 1 aromatic rings. The van der Waals surface area contributed by atoms with Crippen molar-refractivity contribution in [2.75, 3.05) is 0 Å². The third-order valence-corrected chi connectivity index (χ3v) is 3.69. The molecular formula is C16H29BO5. The van der Waals surface area contributed by atoms with Crippen LogP contribution in [0.15, 0.2) is 24.3 Å². The molecule has 22 heavy (non-hydrogen) atoms. The van der Waals surface area contributed by atoms with E-state index in [1.807, 2.05) is 12.1 Å². The fraction of sp³-hybridized carbons (Fsp3) is 0.625. The molecule has 0 aliphatic carbocycles. The predicted molar refractivity (Wildman–Crippen MR) is 88.2 cm³/mol. The Morgan fingerprint density at radius 3 is 1.45 bits per heavy atom. The van der Waals surface area contributed by atoms with Gasteiger partial charge in [-0.25, -0.2) is 0 Å². The Balaban J connectivity index is 0.000000980. The predicted octanol–water partition coefficient (Wildman–Crippen LogP) is 0.997. The van der Waals surface area contributed by atoms with Crippen LogP contribution in [0.3, 0.4) is 0 Å². The second-order valence-electron chi connectivity index (χ2n) is 7.30. The van der Waals surface area contributed by atoms with Gasteiger partial charge in [0.1, 0.15) is 0 Å². The Morgan fingerprint density at radius 1 is 0.818 bits per heavy atom. The summed E-state index contributed by atoms with van der Waals surface area (Å²) in [5.41, 5.74) is 0.202. The van der Waals surface area contributed by atoms with Gasteiger partial charge in [-0.15, -0.1) is 0 Å². The van der Waals surface area contributed by atoms with Crippen molar-refractivity contribution in [1.29, 1.82) is 0 Å². The average molecular weight is 312 g/mol. The molecule has 5 nitrogen and oxygen atoms in total. The first-order chi connectivity index (χ1) is 9.67. The Kier molecular flexibility index (Phi) is 7.26. The van der Waals surface area contributed by atoms with Crippen molar-refractivity contribution in [3.05, 3.63) is 35.4 Å². The monoisotopic (exact) mass is 312 g/mol. The standard InChI is InChI=1S/C16H26O2.BH3O3/c1-14(2,3)13-9-7-12(8-10-13)11-16(6,18)15(4,5)17;2-1(3)4/h7-10,17-18H,11H2,1-6H3;2-4H. The highest BCUT2D eigenvalue weighted by molar-refractivity contribution is 6.30. The summed E-state index contributed by atoms with van der Waals surface area (Å²) in [5.74, 6) is 0. The summed E-state index contributed by atoms with van der Waals surface area (Å²) in [6, 6.07) is 8.24. The fourth-order valence-corrected chi connectivity index (χ4v) is 1.74. The molecule has 0 amide bonds. The molecule has 0 radical (unpaired) electrons. The second kappa shape index (κ2) is 7.57. The van der Waals surface area contributed by atoms with E-state index in [4.69, 9.17) is 15.1 Å². The van der Waals surface area contributed by atoms with Crippen LogP contribution in [-0.2, 0) is 11.8 Å². The van der Waals surface area contributed by atoms with E-state index in [9.17, 15) is 10.2 Å². The normalized spacial score (nSPS) is 14.7. The largest absolute Gasteiger partial charge is 0.631 e. The van der Waals surface area contributed by atoms with Crippen LogP contribution in [0.25, 0.3) is 0 Å². The minimum Gasteiger partial charge on any atom is -0.402 e. The maximum Gasteiger partial charge on any atom is 0.631 e. The Morgan fingerprint density at radius 2 is 1.18 bits per heavy atom. The van der Waals surface area contributed by atoms with Crippen LogP contribution in [0.1, 0.15) is 52.7 Å². The first-order valence-electron chi connectivity index (χ1n) is 7.25. The van der Waals surface area contributed by atoms with Gasteiger partial charge in [0.25, 0.3) is 0 Å². The molecule has 1 rings (SSSR count). The van der Waals surface area contributed by atoms with Gasteiger partial charge in [-0.3, -0.25) is 0 Å². The van der Waals surface area contributed by atoms with E-state index in [1.54, 1.807) is 20.8 Å². The molecule has 0 saturated carbocycles. The third kappa shape index (κ3) is 7.38. The zero-order valence-corrected chi connectivity index (χ0v) is 14.3. The van der Waals surface area contributed by atoms with Crippen molar-refractivity contribution in [3.63, 3.8) is 0 Å². The zero-order valence-electron chi connectivity index (χ0n) is 14.3. The van der Waals surface area contributed by atoms with Crippen LogP contribution >= 0.6 is 0 Å². The van der Waals surface area contributed by atoms with Gasteiger partial charge in [0.15, 0.2) is 0 Å². The maximum atomic E-state index is 10.3. The molecule has 0 aliphatic rings. The van der Waals surface area contributed by atoms with E-state index in [0.717, 1.165) is 5.56 Å². The van der Waals surface area contributed by atoms with Crippen molar-refractivity contribution in [2.24, 2.45) is 0 Å². The quantitative estimate of drug-likeness (QED) is 0.536. The molecule has 1 unspecified atom stereocenters. The Hall–Kier alpha value is -0.915. The molecule has 0 fully saturated rings. The molecule has 1 atom stereocenters. The van der Waals surface area contributed by atoms with Crippen molar-refractivity contribution in [2.45, 2.75) is 64.6 Å². The highest BCUT2D eigenvalue weighted by Gasteiger charge is 2.37. The number of benzene rings is 1. The van der Waals surface area contributed by atoms with Gasteiger partial charge < -0.3 is 25.3 Å². The summed E-state index contributed by atoms with van der Waals surface area (Å²) >= 11 is 0. The van der Waals surface area contributed by atoms with E-state index < -0.39 is 18.5 Å². The SMILES string of the molecule is CC(C)(C)c1ccc(CC(C)(O)C(C)(C)O)cc1.OB(O)O. The van der Waals surface area contributed by atoms with Crippen molar-refractivity contribution in [3.8, 4) is 0 Å². The van der Waals surface area contributed by atoms with Gasteiger partial charge in [0.2, 0.25) is 0 Å². The minimum atomic E-state index is -2.17. The van der Waals surface area contributed by atoms with Gasteiger partial charge in [0.05, 0.1) is 11.2 Å². The first-order valence-corrected chi connectivity index (χ1v) is 7.25. The van der Waals surface area contributed by atoms with E-state index in [2.05, 4.69) is 32.9 Å². The summed E-state index contributed by atoms with van der Waals surface area (Å²) in [7, 11) is -2.17. The molecule has 1 aromatic carbocycles. The van der Waals surface area contributed by atoms with Gasteiger partial charge >= 0.3 is 7.32 Å². The van der Waals surface area contributed by atoms with E-state index in [-0.39, 0.29) is 5.41 Å². The second-order valence-corrected chi connectivity index (χ2v) is 7.30. The van der Waals surface area contributed by atoms with Crippen LogP contribution in [0, 0.1) is 0 Å². The van der Waals surface area contributed by atoms with Gasteiger partial charge in [0, 0.05) is 6.42 Å². The first kappa shape index (κ1) is 21.1. The highest BCUT2D eigenvalue weighted by atomic mass is 16.5. The molecule has 126 valence electrons. The molecule has 6 heteroatoms. The Labute approximate surface area is 133 Å². The smallest absolute Gasteiger partial charge is 0.402 e. The topological polar surface area (TPSA) is 101 Å². The summed E-state index contributed by atoms with van der Waals surface area (Å²) in [5, 5.41) is 41.7. The summed E-state index contributed by atoms with van der Waals surface area (Å²) in [4.78, 5) is 0. The molecule has 5 N–H and O–H groups in total. The van der Waals surface area contributed by atoms with E-state index in [1.165, 1.54) is 5.56 Å². The lowest BCUT2D eigenvalue weighted by molar-refractivity contribution is -0.118. The molecular weight excluding hydrogens is 283 g/mol. The van der Waals surface area contributed by atoms with Crippen molar-refractivity contribution >= 4 is 7.32 Å². The molecule has 0 heterocycles. The zero-order chi connectivity index (χ0) is 17.8. The van der Waals surface area contributed by atoms with E-state index >= 15 is 0 Å².